The van der Waals surface area contributed by atoms with Crippen LogP contribution in [0.3, 0.4) is 0 Å². The van der Waals surface area contributed by atoms with E-state index in [2.05, 4.69) is 50.8 Å². The third-order valence-corrected chi connectivity index (χ3v) is 10.4. The lowest BCUT2D eigenvalue weighted by Gasteiger charge is -2.21. The predicted molar refractivity (Wildman–Crippen MR) is 224 cm³/mol. The van der Waals surface area contributed by atoms with E-state index in [0.717, 1.165) is 42.4 Å². The Labute approximate surface area is 341 Å². The topological polar surface area (TPSA) is 156 Å². The fraction of sp³-hybridized carbons (Fsp3) is 0.170. The van der Waals surface area contributed by atoms with Crippen LogP contribution < -0.4 is 9.47 Å². The van der Waals surface area contributed by atoms with Gasteiger partial charge in [0.25, 0.3) is 11.8 Å². The first-order chi connectivity index (χ1) is 28.8. The van der Waals surface area contributed by atoms with Crippen LogP contribution in [-0.4, -0.2) is 59.6 Å². The number of nitrogens with one attached hydrogen (secondary N) is 2. The van der Waals surface area contributed by atoms with Gasteiger partial charge in [0.05, 0.1) is 16.7 Å². The number of unbranched alkanes of at least 4 members (excludes halogenated alkanes) is 1. The molecule has 0 bridgehead atoms. The van der Waals surface area contributed by atoms with Crippen LogP contribution in [0.2, 0.25) is 0 Å². The molecule has 1 unspecified atom stereocenters. The molecule has 0 saturated heterocycles. The van der Waals surface area contributed by atoms with E-state index in [0.29, 0.717) is 34.4 Å². The normalized spacial score (nSPS) is 12.7. The lowest BCUT2D eigenvalue weighted by molar-refractivity contribution is 0.0622. The Balaban J connectivity index is 1.05. The molecular weight excluding hydrogens is 743 g/mol. The van der Waals surface area contributed by atoms with Crippen LogP contribution in [0.5, 0.6) is 11.5 Å². The second kappa shape index (κ2) is 16.9. The summed E-state index contributed by atoms with van der Waals surface area (Å²) < 4.78 is 12.2. The number of imide groups is 1. The lowest BCUT2D eigenvalue weighted by atomic mass is 9.99. The zero-order valence-electron chi connectivity index (χ0n) is 32.6. The fourth-order valence-electron chi connectivity index (χ4n) is 7.04. The molecule has 1 atom stereocenters. The van der Waals surface area contributed by atoms with Crippen molar-refractivity contribution in [1.82, 2.24) is 35.3 Å². The van der Waals surface area contributed by atoms with E-state index in [1.807, 2.05) is 84.9 Å². The maximum atomic E-state index is 14.2. The smallest absolute Gasteiger partial charge is 0.343 e. The molecule has 294 valence electrons. The molecule has 3 heterocycles. The molecular formula is C47H41N7O5. The maximum Gasteiger partial charge on any atom is 0.343 e. The summed E-state index contributed by atoms with van der Waals surface area (Å²) in [6, 6.07) is 36.4. The molecule has 7 aromatic rings. The van der Waals surface area contributed by atoms with Crippen LogP contribution in [0, 0.1) is 5.92 Å². The summed E-state index contributed by atoms with van der Waals surface area (Å²) in [5.41, 5.74) is 4.07. The first-order valence-corrected chi connectivity index (χ1v) is 19.6. The van der Waals surface area contributed by atoms with E-state index in [1.165, 1.54) is 17.0 Å². The van der Waals surface area contributed by atoms with Crippen LogP contribution >= 0.6 is 0 Å². The van der Waals surface area contributed by atoms with E-state index >= 15 is 0 Å². The zero-order chi connectivity index (χ0) is 40.9. The van der Waals surface area contributed by atoms with Crippen molar-refractivity contribution in [3.8, 4) is 57.1 Å². The maximum absolute atomic E-state index is 14.2. The molecule has 0 saturated carbocycles. The number of aromatic nitrogens is 6. The highest BCUT2D eigenvalue weighted by Crippen LogP contribution is 2.40. The monoisotopic (exact) mass is 783 g/mol. The van der Waals surface area contributed by atoms with Gasteiger partial charge in [0, 0.05) is 34.4 Å². The average Bonchev–Trinajstić information content (AvgIpc) is 4.04. The summed E-state index contributed by atoms with van der Waals surface area (Å²) in [6.07, 6.45) is 3.64. The quantitative estimate of drug-likeness (QED) is 0.0447. The molecule has 12 heteroatoms. The number of hydrogen-bond acceptors (Lipinski definition) is 9. The van der Waals surface area contributed by atoms with Gasteiger partial charge in [-0.1, -0.05) is 131 Å². The lowest BCUT2D eigenvalue weighted by Crippen LogP contribution is -2.34. The van der Waals surface area contributed by atoms with Gasteiger partial charge in [-0.3, -0.25) is 19.6 Å². The number of nitrogens with zero attached hydrogens (tertiary/aromatic N) is 5. The Morgan fingerprint density at radius 3 is 1.95 bits per heavy atom. The van der Waals surface area contributed by atoms with Crippen molar-refractivity contribution < 1.29 is 23.9 Å². The van der Waals surface area contributed by atoms with Crippen molar-refractivity contribution in [2.45, 2.75) is 39.5 Å². The van der Waals surface area contributed by atoms with Gasteiger partial charge in [0.2, 0.25) is 0 Å². The Morgan fingerprint density at radius 2 is 1.31 bits per heavy atom. The van der Waals surface area contributed by atoms with Crippen LogP contribution in [0.15, 0.2) is 128 Å². The van der Waals surface area contributed by atoms with Crippen molar-refractivity contribution >= 4 is 23.5 Å². The summed E-state index contributed by atoms with van der Waals surface area (Å²) in [5, 5.41) is 15.9. The highest BCUT2D eigenvalue weighted by Gasteiger charge is 2.42. The van der Waals surface area contributed by atoms with E-state index < -0.39 is 17.8 Å². The van der Waals surface area contributed by atoms with Gasteiger partial charge in [0.15, 0.2) is 23.3 Å². The van der Waals surface area contributed by atoms with Gasteiger partial charge in [-0.05, 0) is 42.7 Å². The molecule has 2 aromatic heterocycles. The molecule has 5 aromatic carbocycles. The molecule has 8 rings (SSSR count). The van der Waals surface area contributed by atoms with Crippen molar-refractivity contribution in [2.75, 3.05) is 6.54 Å². The molecule has 0 aliphatic carbocycles. The van der Waals surface area contributed by atoms with Gasteiger partial charge in [-0.2, -0.15) is 5.10 Å². The highest BCUT2D eigenvalue weighted by atomic mass is 16.5. The Hall–Kier alpha value is -7.47. The Bertz CT molecular complexity index is 2650. The third kappa shape index (κ3) is 8.06. The van der Waals surface area contributed by atoms with E-state index in [9.17, 15) is 14.4 Å². The SMILES string of the molecule is C=C(Oc1ccc(OC(=O)c2ccc(-c3nnc(-c4ccccc4)[nH]3)cc2)c2c1C(=O)N(CC(CC)CCCC)C2=O)c1cccc(-c2nc(-c3ccccc3)n[nH]2)c1. The highest BCUT2D eigenvalue weighted by molar-refractivity contribution is 6.24. The van der Waals surface area contributed by atoms with Crippen molar-refractivity contribution in [3.63, 3.8) is 0 Å². The number of amides is 2. The first kappa shape index (κ1) is 38.4. The molecule has 59 heavy (non-hydrogen) atoms. The van der Waals surface area contributed by atoms with Crippen molar-refractivity contribution in [3.05, 3.63) is 150 Å². The number of carbonyl (C=O) groups excluding carboxylic acids is 3. The second-order valence-corrected chi connectivity index (χ2v) is 14.3. The summed E-state index contributed by atoms with van der Waals surface area (Å²) in [6.45, 7) is 8.57. The molecule has 2 N–H and O–H groups in total. The zero-order valence-corrected chi connectivity index (χ0v) is 32.6. The van der Waals surface area contributed by atoms with Crippen molar-refractivity contribution in [1.29, 1.82) is 0 Å². The number of rotatable bonds is 15. The number of ether oxygens (including phenoxy) is 2. The summed E-state index contributed by atoms with van der Waals surface area (Å²) in [4.78, 5) is 51.2. The van der Waals surface area contributed by atoms with E-state index in [4.69, 9.17) is 9.47 Å². The minimum absolute atomic E-state index is 0.0144. The standard InChI is InChI=1S/C47H41N7O5/c1-4-6-14-30(5-2)28-54-45(55)39-37(58-29(3)35-19-13-20-36(27-35)44-49-42(51-53-44)32-17-11-8-12-18-32)25-26-38(40(39)46(54)56)59-47(57)34-23-21-33(22-24-34)43-48-41(50-52-43)31-15-9-7-10-16-31/h7-13,15-27,30H,3-6,14,28H2,1-2H3,(H,48,50,52)(H,49,51,53). The number of benzene rings is 5. The van der Waals surface area contributed by atoms with E-state index in [1.54, 1.807) is 24.3 Å². The Kier molecular flexibility index (Phi) is 11.0. The van der Waals surface area contributed by atoms with Gasteiger partial charge in [-0.25, -0.2) is 9.78 Å². The number of carbonyl (C=O) groups is 3. The first-order valence-electron chi connectivity index (χ1n) is 19.6. The third-order valence-electron chi connectivity index (χ3n) is 10.4. The molecule has 0 radical (unpaired) electrons. The molecule has 1 aliphatic heterocycles. The second-order valence-electron chi connectivity index (χ2n) is 14.3. The number of hydrogen-bond donors (Lipinski definition) is 2. The molecule has 1 aliphatic rings. The minimum atomic E-state index is -0.702. The van der Waals surface area contributed by atoms with Gasteiger partial charge in [-0.15, -0.1) is 10.2 Å². The summed E-state index contributed by atoms with van der Waals surface area (Å²) >= 11 is 0. The predicted octanol–water partition coefficient (Wildman–Crippen LogP) is 9.67. The van der Waals surface area contributed by atoms with Crippen LogP contribution in [0.1, 0.15) is 76.2 Å². The summed E-state index contributed by atoms with van der Waals surface area (Å²) in [5.74, 6) is 0.927. The van der Waals surface area contributed by atoms with Crippen LogP contribution in [0.25, 0.3) is 51.3 Å². The minimum Gasteiger partial charge on any atom is -0.456 e. The summed E-state index contributed by atoms with van der Waals surface area (Å²) in [7, 11) is 0. The number of aromatic amines is 2. The fourth-order valence-corrected chi connectivity index (χ4v) is 7.04. The van der Waals surface area contributed by atoms with E-state index in [-0.39, 0.29) is 46.4 Å². The number of esters is 1. The largest absolute Gasteiger partial charge is 0.456 e. The number of H-pyrrole nitrogens is 2. The van der Waals surface area contributed by atoms with Gasteiger partial charge in [0.1, 0.15) is 17.3 Å². The number of fused-ring (bicyclic) bond motifs is 1. The molecule has 2 amide bonds. The van der Waals surface area contributed by atoms with Crippen LogP contribution in [0.4, 0.5) is 0 Å². The molecule has 0 fully saturated rings. The molecule has 0 spiro atoms. The van der Waals surface area contributed by atoms with Crippen LogP contribution in [-0.2, 0) is 0 Å². The van der Waals surface area contributed by atoms with Crippen molar-refractivity contribution in [2.24, 2.45) is 5.92 Å². The Morgan fingerprint density at radius 1 is 0.695 bits per heavy atom. The average molecular weight is 784 g/mol. The molecule has 12 nitrogen and oxygen atoms in total. The van der Waals surface area contributed by atoms with Gasteiger partial charge < -0.3 is 14.5 Å². The van der Waals surface area contributed by atoms with Gasteiger partial charge >= 0.3 is 5.97 Å².